The Balaban J connectivity index is 2.03. The second-order valence-corrected chi connectivity index (χ2v) is 5.47. The predicted octanol–water partition coefficient (Wildman–Crippen LogP) is 4.29. The summed E-state index contributed by atoms with van der Waals surface area (Å²) in [6.45, 7) is 0. The van der Waals surface area contributed by atoms with Gasteiger partial charge in [-0.05, 0) is 51.8 Å². The van der Waals surface area contributed by atoms with Crippen molar-refractivity contribution in [2.24, 2.45) is 0 Å². The van der Waals surface area contributed by atoms with Gasteiger partial charge < -0.3 is 10.1 Å². The molecule has 0 aliphatic rings. The van der Waals surface area contributed by atoms with Crippen LogP contribution in [0.15, 0.2) is 46.9 Å². The van der Waals surface area contributed by atoms with E-state index in [4.69, 9.17) is 16.3 Å². The summed E-state index contributed by atoms with van der Waals surface area (Å²) in [5.41, 5.74) is 1.60. The van der Waals surface area contributed by atoms with E-state index in [1.165, 1.54) is 0 Å². The van der Waals surface area contributed by atoms with Crippen molar-refractivity contribution < 1.29 is 9.53 Å². The van der Waals surface area contributed by atoms with Gasteiger partial charge in [0, 0.05) is 10.2 Å². The minimum Gasteiger partial charge on any atom is -0.497 e. The molecule has 0 aliphatic carbocycles. The minimum absolute atomic E-state index is 0.0903. The number of carbonyl (C=O) groups is 1. The topological polar surface area (TPSA) is 38.3 Å². The Kier molecular flexibility index (Phi) is 5.04. The Morgan fingerprint density at radius 1 is 1.30 bits per heavy atom. The molecule has 5 heteroatoms. The second kappa shape index (κ2) is 6.77. The van der Waals surface area contributed by atoms with Crippen LogP contribution in [0, 0.1) is 0 Å². The number of amides is 1. The molecule has 1 N–H and O–H groups in total. The molecule has 0 heterocycles. The zero-order valence-electron chi connectivity index (χ0n) is 10.8. The van der Waals surface area contributed by atoms with E-state index in [9.17, 15) is 4.79 Å². The number of anilines is 1. The van der Waals surface area contributed by atoms with Gasteiger partial charge in [0.1, 0.15) is 5.75 Å². The average Bonchev–Trinajstić information content (AvgIpc) is 2.43. The number of hydrogen-bond acceptors (Lipinski definition) is 2. The van der Waals surface area contributed by atoms with E-state index < -0.39 is 0 Å². The summed E-state index contributed by atoms with van der Waals surface area (Å²) < 4.78 is 5.88. The molecule has 3 nitrogen and oxygen atoms in total. The van der Waals surface area contributed by atoms with Crippen LogP contribution >= 0.6 is 27.5 Å². The number of methoxy groups -OCH3 is 1. The van der Waals surface area contributed by atoms with Gasteiger partial charge in [-0.25, -0.2) is 0 Å². The summed E-state index contributed by atoms with van der Waals surface area (Å²) in [7, 11) is 1.60. The minimum atomic E-state index is -0.0903. The third kappa shape index (κ3) is 3.99. The molecule has 0 aliphatic heterocycles. The van der Waals surface area contributed by atoms with Gasteiger partial charge in [-0.2, -0.15) is 0 Å². The number of benzene rings is 2. The predicted molar refractivity (Wildman–Crippen MR) is 84.5 cm³/mol. The Hall–Kier alpha value is -1.52. The third-order valence-electron chi connectivity index (χ3n) is 2.70. The van der Waals surface area contributed by atoms with E-state index in [0.29, 0.717) is 10.7 Å². The van der Waals surface area contributed by atoms with Gasteiger partial charge in [-0.15, -0.1) is 0 Å². The molecule has 0 spiro atoms. The highest BCUT2D eigenvalue weighted by atomic mass is 79.9. The molecule has 0 bridgehead atoms. The van der Waals surface area contributed by atoms with Crippen molar-refractivity contribution in [3.05, 3.63) is 57.5 Å². The zero-order valence-corrected chi connectivity index (χ0v) is 13.2. The van der Waals surface area contributed by atoms with E-state index in [1.54, 1.807) is 25.3 Å². The van der Waals surface area contributed by atoms with Gasteiger partial charge in [0.25, 0.3) is 0 Å². The maximum Gasteiger partial charge on any atom is 0.228 e. The quantitative estimate of drug-likeness (QED) is 0.889. The van der Waals surface area contributed by atoms with Crippen LogP contribution in [-0.4, -0.2) is 13.0 Å². The standard InChI is InChI=1S/C15H13BrClNO2/c1-20-12-4-2-3-10(7-12)8-15(19)18-11-5-6-14(17)13(16)9-11/h2-7,9H,8H2,1H3,(H,18,19). The lowest BCUT2D eigenvalue weighted by Gasteiger charge is -2.07. The average molecular weight is 355 g/mol. The van der Waals surface area contributed by atoms with Crippen molar-refractivity contribution in [2.75, 3.05) is 12.4 Å². The van der Waals surface area contributed by atoms with E-state index in [1.807, 2.05) is 24.3 Å². The van der Waals surface area contributed by atoms with E-state index in [0.717, 1.165) is 15.8 Å². The SMILES string of the molecule is COc1cccc(CC(=O)Nc2ccc(Cl)c(Br)c2)c1. The highest BCUT2D eigenvalue weighted by Crippen LogP contribution is 2.25. The van der Waals surface area contributed by atoms with Crippen molar-refractivity contribution >= 4 is 39.1 Å². The van der Waals surface area contributed by atoms with Crippen molar-refractivity contribution in [2.45, 2.75) is 6.42 Å². The molecular weight excluding hydrogens is 342 g/mol. The maximum atomic E-state index is 12.0. The molecule has 104 valence electrons. The van der Waals surface area contributed by atoms with Crippen molar-refractivity contribution in [3.63, 3.8) is 0 Å². The fraction of sp³-hybridized carbons (Fsp3) is 0.133. The first-order valence-electron chi connectivity index (χ1n) is 5.96. The Labute approximate surface area is 131 Å². The maximum absolute atomic E-state index is 12.0. The number of halogens is 2. The van der Waals surface area contributed by atoms with Crippen LogP contribution in [0.2, 0.25) is 5.02 Å². The van der Waals surface area contributed by atoms with Crippen molar-refractivity contribution in [1.82, 2.24) is 0 Å². The molecule has 0 aromatic heterocycles. The molecule has 0 radical (unpaired) electrons. The molecule has 2 aromatic rings. The first-order chi connectivity index (χ1) is 9.58. The number of hydrogen-bond donors (Lipinski definition) is 1. The second-order valence-electron chi connectivity index (χ2n) is 4.21. The molecule has 0 saturated carbocycles. The molecule has 1 amide bonds. The van der Waals surface area contributed by atoms with Crippen LogP contribution in [0.1, 0.15) is 5.56 Å². The van der Waals surface area contributed by atoms with Gasteiger partial charge in [-0.3, -0.25) is 4.79 Å². The summed E-state index contributed by atoms with van der Waals surface area (Å²) in [4.78, 5) is 12.0. The van der Waals surface area contributed by atoms with E-state index in [-0.39, 0.29) is 12.3 Å². The third-order valence-corrected chi connectivity index (χ3v) is 3.92. The van der Waals surface area contributed by atoms with Crippen LogP contribution < -0.4 is 10.1 Å². The summed E-state index contributed by atoms with van der Waals surface area (Å²) in [5, 5.41) is 3.43. The molecule has 0 unspecified atom stereocenters. The largest absolute Gasteiger partial charge is 0.497 e. The van der Waals surface area contributed by atoms with Crippen LogP contribution in [0.4, 0.5) is 5.69 Å². The number of nitrogens with one attached hydrogen (secondary N) is 1. The van der Waals surface area contributed by atoms with E-state index >= 15 is 0 Å². The molecule has 0 fully saturated rings. The highest BCUT2D eigenvalue weighted by Gasteiger charge is 2.06. The summed E-state index contributed by atoms with van der Waals surface area (Å²) in [6.07, 6.45) is 0.289. The lowest BCUT2D eigenvalue weighted by Crippen LogP contribution is -2.14. The summed E-state index contributed by atoms with van der Waals surface area (Å²) in [5.74, 6) is 0.650. The fourth-order valence-corrected chi connectivity index (χ4v) is 2.24. The van der Waals surface area contributed by atoms with Gasteiger partial charge in [0.15, 0.2) is 0 Å². The molecule has 0 atom stereocenters. The molecule has 20 heavy (non-hydrogen) atoms. The van der Waals surface area contributed by atoms with Crippen molar-refractivity contribution in [1.29, 1.82) is 0 Å². The van der Waals surface area contributed by atoms with Gasteiger partial charge in [0.2, 0.25) is 5.91 Å². The van der Waals surface area contributed by atoms with Gasteiger partial charge >= 0.3 is 0 Å². The molecular formula is C15H13BrClNO2. The van der Waals surface area contributed by atoms with Crippen LogP contribution in [-0.2, 0) is 11.2 Å². The molecule has 2 aromatic carbocycles. The summed E-state index contributed by atoms with van der Waals surface area (Å²) >= 11 is 9.23. The van der Waals surface area contributed by atoms with Crippen LogP contribution in [0.5, 0.6) is 5.75 Å². The smallest absolute Gasteiger partial charge is 0.228 e. The zero-order chi connectivity index (χ0) is 14.5. The molecule has 0 saturated heterocycles. The van der Waals surface area contributed by atoms with Gasteiger partial charge in [0.05, 0.1) is 18.6 Å². The monoisotopic (exact) mass is 353 g/mol. The molecule has 2 rings (SSSR count). The van der Waals surface area contributed by atoms with Gasteiger partial charge in [-0.1, -0.05) is 23.7 Å². The first kappa shape index (κ1) is 14.9. The normalized spacial score (nSPS) is 10.2. The van der Waals surface area contributed by atoms with Crippen LogP contribution in [0.3, 0.4) is 0 Å². The van der Waals surface area contributed by atoms with Crippen LogP contribution in [0.25, 0.3) is 0 Å². The number of rotatable bonds is 4. The number of ether oxygens (including phenoxy) is 1. The highest BCUT2D eigenvalue weighted by molar-refractivity contribution is 9.10. The lowest BCUT2D eigenvalue weighted by atomic mass is 10.1. The van der Waals surface area contributed by atoms with Crippen molar-refractivity contribution in [3.8, 4) is 5.75 Å². The summed E-state index contributed by atoms with van der Waals surface area (Å²) in [6, 6.07) is 12.7. The Bertz CT molecular complexity index is 631. The van der Waals surface area contributed by atoms with E-state index in [2.05, 4.69) is 21.2 Å². The Morgan fingerprint density at radius 3 is 2.80 bits per heavy atom. The first-order valence-corrected chi connectivity index (χ1v) is 7.13. The Morgan fingerprint density at radius 2 is 2.10 bits per heavy atom. The lowest BCUT2D eigenvalue weighted by molar-refractivity contribution is -0.115. The fourth-order valence-electron chi connectivity index (χ4n) is 1.75. The number of carbonyl (C=O) groups excluding carboxylic acids is 1.